The third-order valence-electron chi connectivity index (χ3n) is 4.82. The Morgan fingerprint density at radius 1 is 1.00 bits per heavy atom. The van der Waals surface area contributed by atoms with Gasteiger partial charge in [-0.15, -0.1) is 10.2 Å². The SMILES string of the molecule is Cc1ccc(OCc2nnc(SCC(=O)Nc3cccc(Cl)c3)n2-c2ccc(C)cc2)cc1. The molecule has 8 heteroatoms. The van der Waals surface area contributed by atoms with Gasteiger partial charge in [-0.2, -0.15) is 0 Å². The lowest BCUT2D eigenvalue weighted by atomic mass is 10.2. The molecule has 1 aromatic heterocycles. The Hall–Kier alpha value is -3.29. The molecule has 3 aromatic carbocycles. The van der Waals surface area contributed by atoms with Crippen molar-refractivity contribution >= 4 is 35.0 Å². The van der Waals surface area contributed by atoms with E-state index < -0.39 is 0 Å². The van der Waals surface area contributed by atoms with Crippen LogP contribution in [0.1, 0.15) is 17.0 Å². The van der Waals surface area contributed by atoms with Crippen LogP contribution in [0.3, 0.4) is 0 Å². The van der Waals surface area contributed by atoms with E-state index in [1.165, 1.54) is 17.3 Å². The minimum atomic E-state index is -0.154. The maximum absolute atomic E-state index is 12.5. The van der Waals surface area contributed by atoms with E-state index in [9.17, 15) is 4.79 Å². The predicted molar refractivity (Wildman–Crippen MR) is 132 cm³/mol. The van der Waals surface area contributed by atoms with Crippen LogP contribution in [0.4, 0.5) is 5.69 Å². The zero-order chi connectivity index (χ0) is 23.2. The summed E-state index contributed by atoms with van der Waals surface area (Å²) in [6.07, 6.45) is 0. The first kappa shape index (κ1) is 22.9. The van der Waals surface area contributed by atoms with Crippen molar-refractivity contribution in [3.05, 3.63) is 94.8 Å². The molecule has 168 valence electrons. The molecular formula is C25H23ClN4O2S. The van der Waals surface area contributed by atoms with Crippen molar-refractivity contribution in [2.24, 2.45) is 0 Å². The van der Waals surface area contributed by atoms with Gasteiger partial charge in [-0.05, 0) is 56.3 Å². The summed E-state index contributed by atoms with van der Waals surface area (Å²) in [6, 6.07) is 23.0. The number of aromatic nitrogens is 3. The van der Waals surface area contributed by atoms with Crippen molar-refractivity contribution in [3.8, 4) is 11.4 Å². The van der Waals surface area contributed by atoms with Gasteiger partial charge in [0.15, 0.2) is 11.0 Å². The molecule has 0 unspecified atom stereocenters. The van der Waals surface area contributed by atoms with Gasteiger partial charge in [0.1, 0.15) is 12.4 Å². The summed E-state index contributed by atoms with van der Waals surface area (Å²) in [6.45, 7) is 4.32. The Morgan fingerprint density at radius 2 is 1.70 bits per heavy atom. The molecular weight excluding hydrogens is 456 g/mol. The number of thioether (sulfide) groups is 1. The minimum Gasteiger partial charge on any atom is -0.486 e. The number of amides is 1. The third kappa shape index (κ3) is 6.15. The Morgan fingerprint density at radius 3 is 2.39 bits per heavy atom. The largest absolute Gasteiger partial charge is 0.486 e. The molecule has 0 spiro atoms. The van der Waals surface area contributed by atoms with Gasteiger partial charge in [-0.1, -0.05) is 64.8 Å². The Bertz CT molecular complexity index is 1240. The van der Waals surface area contributed by atoms with Gasteiger partial charge in [0, 0.05) is 16.4 Å². The summed E-state index contributed by atoms with van der Waals surface area (Å²) in [5.74, 6) is 1.43. The number of halogens is 1. The number of ether oxygens (including phenoxy) is 1. The highest BCUT2D eigenvalue weighted by molar-refractivity contribution is 7.99. The van der Waals surface area contributed by atoms with E-state index in [0.717, 1.165) is 17.0 Å². The van der Waals surface area contributed by atoms with Crippen LogP contribution in [-0.2, 0) is 11.4 Å². The molecule has 4 rings (SSSR count). The van der Waals surface area contributed by atoms with E-state index in [4.69, 9.17) is 16.3 Å². The van der Waals surface area contributed by atoms with Crippen LogP contribution in [0.15, 0.2) is 78.0 Å². The van der Waals surface area contributed by atoms with Crippen LogP contribution in [0.2, 0.25) is 5.02 Å². The molecule has 0 aliphatic carbocycles. The second-order valence-corrected chi connectivity index (χ2v) is 8.90. The quantitative estimate of drug-likeness (QED) is 0.322. The van der Waals surface area contributed by atoms with Gasteiger partial charge in [-0.3, -0.25) is 9.36 Å². The van der Waals surface area contributed by atoms with E-state index in [2.05, 4.69) is 15.5 Å². The second-order valence-electron chi connectivity index (χ2n) is 7.52. The molecule has 0 saturated carbocycles. The van der Waals surface area contributed by atoms with E-state index in [1.54, 1.807) is 24.3 Å². The van der Waals surface area contributed by atoms with Crippen molar-refractivity contribution in [2.45, 2.75) is 25.6 Å². The monoisotopic (exact) mass is 478 g/mol. The highest BCUT2D eigenvalue weighted by Crippen LogP contribution is 2.24. The number of anilines is 1. The number of nitrogens with one attached hydrogen (secondary N) is 1. The number of carbonyl (C=O) groups excluding carboxylic acids is 1. The van der Waals surface area contributed by atoms with Gasteiger partial charge >= 0.3 is 0 Å². The van der Waals surface area contributed by atoms with Gasteiger partial charge in [0.25, 0.3) is 0 Å². The van der Waals surface area contributed by atoms with E-state index in [1.807, 2.05) is 66.9 Å². The number of carbonyl (C=O) groups is 1. The molecule has 0 bridgehead atoms. The molecule has 1 heterocycles. The number of hydrogen-bond acceptors (Lipinski definition) is 5. The van der Waals surface area contributed by atoms with Crippen LogP contribution in [-0.4, -0.2) is 26.4 Å². The lowest BCUT2D eigenvalue weighted by Gasteiger charge is -2.12. The lowest BCUT2D eigenvalue weighted by Crippen LogP contribution is -2.14. The molecule has 0 saturated heterocycles. The zero-order valence-corrected chi connectivity index (χ0v) is 19.9. The van der Waals surface area contributed by atoms with Gasteiger partial charge in [0.05, 0.1) is 5.75 Å². The van der Waals surface area contributed by atoms with E-state index in [-0.39, 0.29) is 18.3 Å². The maximum Gasteiger partial charge on any atom is 0.234 e. The first-order chi connectivity index (χ1) is 16.0. The molecule has 0 aliphatic rings. The summed E-state index contributed by atoms with van der Waals surface area (Å²) < 4.78 is 7.86. The highest BCUT2D eigenvalue weighted by atomic mass is 35.5. The zero-order valence-electron chi connectivity index (χ0n) is 18.3. The fraction of sp³-hybridized carbons (Fsp3) is 0.160. The number of aryl methyl sites for hydroxylation is 2. The molecule has 33 heavy (non-hydrogen) atoms. The Balaban J connectivity index is 1.51. The fourth-order valence-corrected chi connectivity index (χ4v) is 4.08. The van der Waals surface area contributed by atoms with E-state index in [0.29, 0.717) is 21.7 Å². The van der Waals surface area contributed by atoms with Crippen LogP contribution >= 0.6 is 23.4 Å². The Kier molecular flexibility index (Phi) is 7.32. The second kappa shape index (κ2) is 10.6. The molecule has 4 aromatic rings. The van der Waals surface area contributed by atoms with Crippen LogP contribution in [0, 0.1) is 13.8 Å². The summed E-state index contributed by atoms with van der Waals surface area (Å²) in [7, 11) is 0. The summed E-state index contributed by atoms with van der Waals surface area (Å²) >= 11 is 7.31. The summed E-state index contributed by atoms with van der Waals surface area (Å²) in [5.41, 5.74) is 3.88. The first-order valence-electron chi connectivity index (χ1n) is 10.4. The van der Waals surface area contributed by atoms with Gasteiger partial charge < -0.3 is 10.1 Å². The van der Waals surface area contributed by atoms with Crippen molar-refractivity contribution in [1.29, 1.82) is 0 Å². The molecule has 1 amide bonds. The molecule has 6 nitrogen and oxygen atoms in total. The average Bonchev–Trinajstić information content (AvgIpc) is 3.21. The van der Waals surface area contributed by atoms with Gasteiger partial charge in [-0.25, -0.2) is 0 Å². The van der Waals surface area contributed by atoms with Gasteiger partial charge in [0.2, 0.25) is 5.91 Å². The van der Waals surface area contributed by atoms with Crippen molar-refractivity contribution in [1.82, 2.24) is 14.8 Å². The number of hydrogen-bond donors (Lipinski definition) is 1. The van der Waals surface area contributed by atoms with Crippen molar-refractivity contribution < 1.29 is 9.53 Å². The molecule has 0 atom stereocenters. The summed E-state index contributed by atoms with van der Waals surface area (Å²) in [4.78, 5) is 12.5. The number of nitrogens with zero attached hydrogens (tertiary/aromatic N) is 3. The first-order valence-corrected chi connectivity index (χ1v) is 11.7. The highest BCUT2D eigenvalue weighted by Gasteiger charge is 2.17. The topological polar surface area (TPSA) is 69.0 Å². The molecule has 1 N–H and O–H groups in total. The number of benzene rings is 3. The maximum atomic E-state index is 12.5. The summed E-state index contributed by atoms with van der Waals surface area (Å²) in [5, 5.41) is 12.7. The lowest BCUT2D eigenvalue weighted by molar-refractivity contribution is -0.113. The molecule has 0 radical (unpaired) electrons. The average molecular weight is 479 g/mol. The Labute approximate surface area is 202 Å². The van der Waals surface area contributed by atoms with Crippen LogP contribution in [0.25, 0.3) is 5.69 Å². The number of rotatable bonds is 8. The minimum absolute atomic E-state index is 0.154. The smallest absolute Gasteiger partial charge is 0.234 e. The molecule has 0 aliphatic heterocycles. The van der Waals surface area contributed by atoms with Crippen LogP contribution in [0.5, 0.6) is 5.75 Å². The molecule has 0 fully saturated rings. The van der Waals surface area contributed by atoms with Crippen molar-refractivity contribution in [2.75, 3.05) is 11.1 Å². The third-order valence-corrected chi connectivity index (χ3v) is 5.99. The normalized spacial score (nSPS) is 10.8. The fourth-order valence-electron chi connectivity index (χ4n) is 3.12. The van der Waals surface area contributed by atoms with E-state index >= 15 is 0 Å². The van der Waals surface area contributed by atoms with Crippen LogP contribution < -0.4 is 10.1 Å². The van der Waals surface area contributed by atoms with Crippen molar-refractivity contribution in [3.63, 3.8) is 0 Å². The predicted octanol–water partition coefficient (Wildman–Crippen LogP) is 5.85. The standard InChI is InChI=1S/C25H23ClN4O2S/c1-17-6-10-21(11-7-17)30-23(15-32-22-12-8-18(2)9-13-22)28-29-25(30)33-16-24(31)27-20-5-3-4-19(26)14-20/h3-14H,15-16H2,1-2H3,(H,27,31).